The third-order valence-electron chi connectivity index (χ3n) is 2.26. The van der Waals surface area contributed by atoms with Crippen LogP contribution in [0.4, 0.5) is 0 Å². The monoisotopic (exact) mass is 166 g/mol. The number of hydrogen-bond donors (Lipinski definition) is 0. The summed E-state index contributed by atoms with van der Waals surface area (Å²) in [6, 6.07) is 0. The van der Waals surface area contributed by atoms with Crippen molar-refractivity contribution in [3.8, 4) is 0 Å². The van der Waals surface area contributed by atoms with Crippen molar-refractivity contribution in [3.05, 3.63) is 0 Å². The van der Waals surface area contributed by atoms with Crippen LogP contribution in [0.5, 0.6) is 0 Å². The summed E-state index contributed by atoms with van der Waals surface area (Å²) in [6.07, 6.45) is 10.9. The van der Waals surface area contributed by atoms with Gasteiger partial charge < -0.3 is 0 Å². The lowest BCUT2D eigenvalue weighted by Gasteiger charge is -2.03. The summed E-state index contributed by atoms with van der Waals surface area (Å²) in [7, 11) is 5.65. The minimum atomic E-state index is 0.403. The molecule has 0 aromatic rings. The zero-order chi connectivity index (χ0) is 9.23. The molecule has 1 heteroatoms. The molecule has 0 saturated carbocycles. The molecule has 0 bridgehead atoms. The summed E-state index contributed by atoms with van der Waals surface area (Å²) >= 11 is 0. The SMILES string of the molecule is [B]C(C)CCCCCCCCC. The van der Waals surface area contributed by atoms with Crippen molar-refractivity contribution in [2.24, 2.45) is 0 Å². The highest BCUT2D eigenvalue weighted by Crippen LogP contribution is 2.12. The highest BCUT2D eigenvalue weighted by Gasteiger charge is 1.93. The molecule has 0 N–H and O–H groups in total. The van der Waals surface area contributed by atoms with Crippen LogP contribution in [0.15, 0.2) is 0 Å². The minimum absolute atomic E-state index is 0.403. The van der Waals surface area contributed by atoms with Crippen LogP contribution in [-0.2, 0) is 0 Å². The Balaban J connectivity index is 2.82. The minimum Gasteiger partial charge on any atom is -0.0802 e. The van der Waals surface area contributed by atoms with Crippen molar-refractivity contribution in [2.45, 2.75) is 71.0 Å². The van der Waals surface area contributed by atoms with E-state index in [1.807, 2.05) is 0 Å². The maximum absolute atomic E-state index is 5.65. The molecule has 70 valence electrons. The van der Waals surface area contributed by atoms with Gasteiger partial charge in [-0.05, 0) is 0 Å². The van der Waals surface area contributed by atoms with E-state index < -0.39 is 0 Å². The first-order valence-electron chi connectivity index (χ1n) is 5.53. The quantitative estimate of drug-likeness (QED) is 0.376. The summed E-state index contributed by atoms with van der Waals surface area (Å²) in [5.74, 6) is 0.403. The molecule has 0 aromatic carbocycles. The van der Waals surface area contributed by atoms with Gasteiger partial charge in [0.25, 0.3) is 0 Å². The third kappa shape index (κ3) is 10.1. The van der Waals surface area contributed by atoms with Crippen molar-refractivity contribution in [3.63, 3.8) is 0 Å². The molecule has 0 fully saturated rings. The van der Waals surface area contributed by atoms with Gasteiger partial charge in [0.1, 0.15) is 0 Å². The molecule has 0 aliphatic rings. The van der Waals surface area contributed by atoms with Gasteiger partial charge in [-0.15, -0.1) is 0 Å². The first kappa shape index (κ1) is 12.1. The topological polar surface area (TPSA) is 0 Å². The maximum Gasteiger partial charge on any atom is 0.0695 e. The van der Waals surface area contributed by atoms with Crippen LogP contribution in [-0.4, -0.2) is 7.85 Å². The Hall–Kier alpha value is 0.0649. The molecule has 0 spiro atoms. The Bertz CT molecular complexity index is 79.1. The fourth-order valence-corrected chi connectivity index (χ4v) is 1.42. The zero-order valence-electron chi connectivity index (χ0n) is 8.81. The second-order valence-corrected chi connectivity index (χ2v) is 3.89. The number of hydrogen-bond acceptors (Lipinski definition) is 0. The predicted octanol–water partition coefficient (Wildman–Crippen LogP) is 4.10. The summed E-state index contributed by atoms with van der Waals surface area (Å²) in [5.41, 5.74) is 0. The molecule has 0 rings (SSSR count). The van der Waals surface area contributed by atoms with Crippen molar-refractivity contribution < 1.29 is 0 Å². The first-order valence-corrected chi connectivity index (χ1v) is 5.53. The van der Waals surface area contributed by atoms with E-state index in [0.29, 0.717) is 5.82 Å². The Kier molecular flexibility index (Phi) is 9.20. The molecule has 0 aliphatic heterocycles. The van der Waals surface area contributed by atoms with E-state index in [2.05, 4.69) is 13.8 Å². The molecule has 0 saturated heterocycles. The molecule has 2 radical (unpaired) electrons. The Morgan fingerprint density at radius 1 is 0.917 bits per heavy atom. The van der Waals surface area contributed by atoms with Gasteiger partial charge in [-0.1, -0.05) is 71.0 Å². The second kappa shape index (κ2) is 9.16. The zero-order valence-corrected chi connectivity index (χ0v) is 8.81. The molecule has 0 amide bonds. The van der Waals surface area contributed by atoms with Crippen LogP contribution < -0.4 is 0 Å². The Morgan fingerprint density at radius 2 is 1.42 bits per heavy atom. The average Bonchev–Trinajstić information content (AvgIpc) is 2.02. The van der Waals surface area contributed by atoms with Crippen LogP contribution in [0.25, 0.3) is 0 Å². The molecular formula is C11H23B. The fourth-order valence-electron chi connectivity index (χ4n) is 1.42. The van der Waals surface area contributed by atoms with Gasteiger partial charge in [0.05, 0.1) is 7.85 Å². The highest BCUT2D eigenvalue weighted by atomic mass is 14.0. The molecule has 1 unspecified atom stereocenters. The normalized spacial score (nSPS) is 13.2. The van der Waals surface area contributed by atoms with Gasteiger partial charge in [0, 0.05) is 0 Å². The van der Waals surface area contributed by atoms with Crippen LogP contribution in [0, 0.1) is 0 Å². The summed E-state index contributed by atoms with van der Waals surface area (Å²) < 4.78 is 0. The Labute approximate surface area is 79.5 Å². The highest BCUT2D eigenvalue weighted by molar-refractivity contribution is 6.11. The molecular weight excluding hydrogens is 143 g/mol. The summed E-state index contributed by atoms with van der Waals surface area (Å²) in [5, 5.41) is 0. The lowest BCUT2D eigenvalue weighted by atomic mass is 9.85. The van der Waals surface area contributed by atoms with E-state index in [0.717, 1.165) is 0 Å². The van der Waals surface area contributed by atoms with E-state index in [1.54, 1.807) is 0 Å². The van der Waals surface area contributed by atoms with Crippen LogP contribution >= 0.6 is 0 Å². The molecule has 0 nitrogen and oxygen atoms in total. The van der Waals surface area contributed by atoms with Gasteiger partial charge >= 0.3 is 0 Å². The van der Waals surface area contributed by atoms with Crippen molar-refractivity contribution in [1.29, 1.82) is 0 Å². The predicted molar refractivity (Wildman–Crippen MR) is 57.8 cm³/mol. The maximum atomic E-state index is 5.65. The van der Waals surface area contributed by atoms with E-state index in [-0.39, 0.29) is 0 Å². The molecule has 0 heterocycles. The number of rotatable bonds is 8. The van der Waals surface area contributed by atoms with Crippen LogP contribution in [0.1, 0.15) is 65.2 Å². The third-order valence-corrected chi connectivity index (χ3v) is 2.26. The van der Waals surface area contributed by atoms with Gasteiger partial charge in [-0.25, -0.2) is 0 Å². The summed E-state index contributed by atoms with van der Waals surface area (Å²) in [4.78, 5) is 0. The van der Waals surface area contributed by atoms with Crippen molar-refractivity contribution >= 4 is 7.85 Å². The van der Waals surface area contributed by atoms with E-state index in [9.17, 15) is 0 Å². The lowest BCUT2D eigenvalue weighted by Crippen LogP contribution is -1.86. The molecule has 1 atom stereocenters. The lowest BCUT2D eigenvalue weighted by molar-refractivity contribution is 0.572. The van der Waals surface area contributed by atoms with Gasteiger partial charge in [0.2, 0.25) is 0 Å². The molecule has 0 aromatic heterocycles. The van der Waals surface area contributed by atoms with Crippen molar-refractivity contribution in [1.82, 2.24) is 0 Å². The average molecular weight is 166 g/mol. The van der Waals surface area contributed by atoms with E-state index in [4.69, 9.17) is 7.85 Å². The molecule has 12 heavy (non-hydrogen) atoms. The van der Waals surface area contributed by atoms with Crippen LogP contribution in [0.3, 0.4) is 0 Å². The second-order valence-electron chi connectivity index (χ2n) is 3.89. The fraction of sp³-hybridized carbons (Fsp3) is 1.00. The van der Waals surface area contributed by atoms with Gasteiger partial charge in [-0.3, -0.25) is 0 Å². The van der Waals surface area contributed by atoms with Crippen molar-refractivity contribution in [2.75, 3.05) is 0 Å². The molecule has 0 aliphatic carbocycles. The standard InChI is InChI=1S/C11H23B/c1-3-4-5-6-7-8-9-10-11(2)12/h11H,3-10H2,1-2H3. The van der Waals surface area contributed by atoms with Gasteiger partial charge in [0.15, 0.2) is 0 Å². The summed E-state index contributed by atoms with van der Waals surface area (Å²) in [6.45, 7) is 4.35. The smallest absolute Gasteiger partial charge is 0.0695 e. The van der Waals surface area contributed by atoms with Crippen LogP contribution in [0.2, 0.25) is 5.82 Å². The van der Waals surface area contributed by atoms with E-state index >= 15 is 0 Å². The number of unbranched alkanes of at least 4 members (excludes halogenated alkanes) is 6. The Morgan fingerprint density at radius 3 is 1.92 bits per heavy atom. The van der Waals surface area contributed by atoms with E-state index in [1.165, 1.54) is 51.4 Å². The largest absolute Gasteiger partial charge is 0.0802 e. The first-order chi connectivity index (χ1) is 5.77. The van der Waals surface area contributed by atoms with Gasteiger partial charge in [-0.2, -0.15) is 0 Å².